The van der Waals surface area contributed by atoms with Crippen LogP contribution in [0.2, 0.25) is 0 Å². The van der Waals surface area contributed by atoms with E-state index in [0.717, 1.165) is 41.3 Å². The van der Waals surface area contributed by atoms with E-state index in [1.165, 1.54) is 6.20 Å². The number of nitrogens with one attached hydrogen (secondary N) is 1. The van der Waals surface area contributed by atoms with Crippen molar-refractivity contribution in [3.05, 3.63) is 34.4 Å². The number of rotatable bonds is 9. The van der Waals surface area contributed by atoms with Crippen LogP contribution in [-0.4, -0.2) is 48.0 Å². The number of nitrogens with zero attached hydrogens (tertiary/aromatic N) is 2. The Hall–Kier alpha value is -2.15. The lowest BCUT2D eigenvalue weighted by molar-refractivity contribution is -0.129. The van der Waals surface area contributed by atoms with Crippen LogP contribution < -0.4 is 5.32 Å². The van der Waals surface area contributed by atoms with Crippen molar-refractivity contribution in [3.63, 3.8) is 0 Å². The highest BCUT2D eigenvalue weighted by Gasteiger charge is 2.19. The van der Waals surface area contributed by atoms with Gasteiger partial charge in [0.05, 0.1) is 24.4 Å². The summed E-state index contributed by atoms with van der Waals surface area (Å²) in [5, 5.41) is 3.93. The molecule has 1 aromatic heterocycles. The van der Waals surface area contributed by atoms with E-state index in [4.69, 9.17) is 4.74 Å². The molecule has 1 amide bonds. The zero-order valence-corrected chi connectivity index (χ0v) is 17.6. The number of aromatic nitrogens is 1. The van der Waals surface area contributed by atoms with E-state index in [1.54, 1.807) is 6.92 Å². The number of benzene rings is 1. The number of amides is 1. The van der Waals surface area contributed by atoms with Crippen LogP contribution in [0.25, 0.3) is 10.9 Å². The van der Waals surface area contributed by atoms with Gasteiger partial charge in [0.1, 0.15) is 5.56 Å². The van der Waals surface area contributed by atoms with Gasteiger partial charge in [-0.25, -0.2) is 4.79 Å². The molecule has 0 bridgehead atoms. The van der Waals surface area contributed by atoms with Crippen LogP contribution in [0.3, 0.4) is 0 Å². The number of carbonyl (C=O) groups is 2. The number of fused-ring (bicyclic) bond motifs is 1. The average molecular weight is 436 g/mol. The Morgan fingerprint density at radius 1 is 1.19 bits per heavy atom. The Morgan fingerprint density at radius 3 is 2.52 bits per heavy atom. The summed E-state index contributed by atoms with van der Waals surface area (Å²) in [6.07, 6.45) is 3.31. The molecule has 1 heterocycles. The Balaban J connectivity index is 2.36. The number of esters is 1. The second kappa shape index (κ2) is 10.3. The lowest BCUT2D eigenvalue weighted by Gasteiger charge is -2.22. The Bertz CT molecular complexity index is 804. The van der Waals surface area contributed by atoms with Gasteiger partial charge in [0.25, 0.3) is 0 Å². The van der Waals surface area contributed by atoms with Crippen molar-refractivity contribution in [1.29, 1.82) is 0 Å². The van der Waals surface area contributed by atoms with Crippen LogP contribution in [0.1, 0.15) is 44.0 Å². The van der Waals surface area contributed by atoms with E-state index in [1.807, 2.05) is 23.1 Å². The molecule has 0 spiro atoms. The molecule has 1 aromatic carbocycles. The zero-order valence-electron chi connectivity index (χ0n) is 16.0. The monoisotopic (exact) mass is 435 g/mol. The number of anilines is 1. The summed E-state index contributed by atoms with van der Waals surface area (Å²) in [5.41, 5.74) is 1.63. The van der Waals surface area contributed by atoms with Crippen LogP contribution in [0.15, 0.2) is 28.9 Å². The van der Waals surface area contributed by atoms with Gasteiger partial charge in [-0.15, -0.1) is 0 Å². The van der Waals surface area contributed by atoms with Crippen LogP contribution >= 0.6 is 15.9 Å². The first-order chi connectivity index (χ1) is 13.0. The van der Waals surface area contributed by atoms with Crippen LogP contribution in [0.5, 0.6) is 0 Å². The molecule has 0 unspecified atom stereocenters. The molecule has 0 radical (unpaired) electrons. The fourth-order valence-electron chi connectivity index (χ4n) is 2.90. The maximum absolute atomic E-state index is 12.6. The largest absolute Gasteiger partial charge is 0.462 e. The van der Waals surface area contributed by atoms with Crippen molar-refractivity contribution in [2.45, 2.75) is 33.6 Å². The standard InChI is InChI=1S/C20H26BrN3O3/c1-4-9-24(10-5-2)18(25)13-23-19-15-11-14(21)7-8-17(15)22-12-16(19)20(26)27-6-3/h7-8,11-12H,4-6,9-10,13H2,1-3H3,(H,22,23). The lowest BCUT2D eigenvalue weighted by atomic mass is 10.1. The summed E-state index contributed by atoms with van der Waals surface area (Å²) in [7, 11) is 0. The average Bonchev–Trinajstić information content (AvgIpc) is 2.65. The molecule has 0 atom stereocenters. The lowest BCUT2D eigenvalue weighted by Crippen LogP contribution is -2.36. The predicted molar refractivity (Wildman–Crippen MR) is 111 cm³/mol. The number of ether oxygens (including phenoxy) is 1. The maximum Gasteiger partial charge on any atom is 0.341 e. The van der Waals surface area contributed by atoms with Crippen LogP contribution in [-0.2, 0) is 9.53 Å². The van der Waals surface area contributed by atoms with Gasteiger partial charge >= 0.3 is 5.97 Å². The summed E-state index contributed by atoms with van der Waals surface area (Å²) in [4.78, 5) is 31.2. The highest BCUT2D eigenvalue weighted by atomic mass is 79.9. The molecule has 0 aliphatic heterocycles. The van der Waals surface area contributed by atoms with Crippen molar-refractivity contribution in [3.8, 4) is 0 Å². The minimum absolute atomic E-state index is 0.00784. The van der Waals surface area contributed by atoms with Crippen molar-refractivity contribution in [2.75, 3.05) is 31.6 Å². The SMILES string of the molecule is CCCN(CCC)C(=O)CNc1c(C(=O)OCC)cnc2ccc(Br)cc12. The molecular weight excluding hydrogens is 410 g/mol. The normalized spacial score (nSPS) is 10.7. The van der Waals surface area contributed by atoms with E-state index < -0.39 is 5.97 Å². The summed E-state index contributed by atoms with van der Waals surface area (Å²) < 4.78 is 6.02. The third kappa shape index (κ3) is 5.42. The molecule has 0 fully saturated rings. The fourth-order valence-corrected chi connectivity index (χ4v) is 3.26. The molecule has 0 saturated heterocycles. The second-order valence-electron chi connectivity index (χ2n) is 6.16. The molecule has 2 rings (SSSR count). The molecule has 7 heteroatoms. The van der Waals surface area contributed by atoms with E-state index in [-0.39, 0.29) is 19.1 Å². The number of hydrogen-bond donors (Lipinski definition) is 1. The first-order valence-corrected chi connectivity index (χ1v) is 10.1. The number of hydrogen-bond acceptors (Lipinski definition) is 5. The molecule has 146 valence electrons. The summed E-state index contributed by atoms with van der Waals surface area (Å²) in [5.74, 6) is -0.450. The van der Waals surface area contributed by atoms with Crippen molar-refractivity contribution in [1.82, 2.24) is 9.88 Å². The van der Waals surface area contributed by atoms with Gasteiger partial charge in [-0.1, -0.05) is 29.8 Å². The van der Waals surface area contributed by atoms with Crippen LogP contribution in [0.4, 0.5) is 5.69 Å². The highest BCUT2D eigenvalue weighted by Crippen LogP contribution is 2.29. The van der Waals surface area contributed by atoms with E-state index in [0.29, 0.717) is 11.3 Å². The maximum atomic E-state index is 12.6. The van der Waals surface area contributed by atoms with Crippen molar-refractivity contribution < 1.29 is 14.3 Å². The Morgan fingerprint density at radius 2 is 1.89 bits per heavy atom. The van der Waals surface area contributed by atoms with Gasteiger partial charge in [0.15, 0.2) is 0 Å². The molecule has 1 N–H and O–H groups in total. The zero-order chi connectivity index (χ0) is 19.8. The van der Waals surface area contributed by atoms with E-state index in [9.17, 15) is 9.59 Å². The number of halogens is 1. The molecule has 0 aliphatic carbocycles. The number of carbonyl (C=O) groups excluding carboxylic acids is 2. The van der Waals surface area contributed by atoms with Gasteiger partial charge in [-0.3, -0.25) is 9.78 Å². The molecule has 2 aromatic rings. The quantitative estimate of drug-likeness (QED) is 0.596. The third-order valence-electron chi connectivity index (χ3n) is 4.08. The Kier molecular flexibility index (Phi) is 8.03. The van der Waals surface area contributed by atoms with Gasteiger partial charge in [0.2, 0.25) is 5.91 Å². The summed E-state index contributed by atoms with van der Waals surface area (Å²) >= 11 is 3.46. The smallest absolute Gasteiger partial charge is 0.341 e. The van der Waals surface area contributed by atoms with Gasteiger partial charge < -0.3 is 15.0 Å². The van der Waals surface area contributed by atoms with Crippen molar-refractivity contribution >= 4 is 44.4 Å². The minimum atomic E-state index is -0.458. The van der Waals surface area contributed by atoms with Gasteiger partial charge in [-0.05, 0) is 38.0 Å². The first-order valence-electron chi connectivity index (χ1n) is 9.28. The molecule has 6 nitrogen and oxygen atoms in total. The topological polar surface area (TPSA) is 71.5 Å². The summed E-state index contributed by atoms with van der Waals surface area (Å²) in [6, 6.07) is 5.63. The highest BCUT2D eigenvalue weighted by molar-refractivity contribution is 9.10. The van der Waals surface area contributed by atoms with Crippen LogP contribution in [0, 0.1) is 0 Å². The third-order valence-corrected chi connectivity index (χ3v) is 4.57. The van der Waals surface area contributed by atoms with Crippen molar-refractivity contribution in [2.24, 2.45) is 0 Å². The Labute approximate surface area is 168 Å². The number of pyridine rings is 1. The fraction of sp³-hybridized carbons (Fsp3) is 0.450. The molecule has 0 saturated carbocycles. The predicted octanol–water partition coefficient (Wildman–Crippen LogP) is 4.23. The second-order valence-corrected chi connectivity index (χ2v) is 7.08. The van der Waals surface area contributed by atoms with E-state index >= 15 is 0 Å². The molecule has 27 heavy (non-hydrogen) atoms. The minimum Gasteiger partial charge on any atom is -0.462 e. The van der Waals surface area contributed by atoms with E-state index in [2.05, 4.69) is 40.1 Å². The summed E-state index contributed by atoms with van der Waals surface area (Å²) in [6.45, 7) is 7.69. The van der Waals surface area contributed by atoms with Gasteiger partial charge in [-0.2, -0.15) is 0 Å². The molecule has 0 aliphatic rings. The first kappa shape index (κ1) is 21.2. The molecular formula is C20H26BrN3O3. The van der Waals surface area contributed by atoms with Gasteiger partial charge in [0, 0.05) is 29.1 Å².